The SMILES string of the molecule is COc1ccc(CNC(=S)c2ccc(Br)cc2)cc1. The first-order valence-corrected chi connectivity index (χ1v) is 7.06. The van der Waals surface area contributed by atoms with Crippen LogP contribution in [0.4, 0.5) is 0 Å². The molecule has 0 saturated carbocycles. The molecular weight excluding hydrogens is 322 g/mol. The predicted octanol–water partition coefficient (Wildman–Crippen LogP) is 3.92. The fraction of sp³-hybridized carbons (Fsp3) is 0.133. The highest BCUT2D eigenvalue weighted by Crippen LogP contribution is 2.13. The van der Waals surface area contributed by atoms with Crippen LogP contribution < -0.4 is 10.1 Å². The lowest BCUT2D eigenvalue weighted by Gasteiger charge is -2.09. The van der Waals surface area contributed by atoms with Gasteiger partial charge in [-0.25, -0.2) is 0 Å². The Morgan fingerprint density at radius 2 is 1.74 bits per heavy atom. The van der Waals surface area contributed by atoms with Crippen molar-refractivity contribution in [3.8, 4) is 5.75 Å². The summed E-state index contributed by atoms with van der Waals surface area (Å²) in [6.45, 7) is 0.707. The molecular formula is C15H14BrNOS. The van der Waals surface area contributed by atoms with Crippen LogP contribution in [0.5, 0.6) is 5.75 Å². The summed E-state index contributed by atoms with van der Waals surface area (Å²) >= 11 is 8.77. The molecule has 0 radical (unpaired) electrons. The van der Waals surface area contributed by atoms with Gasteiger partial charge >= 0.3 is 0 Å². The zero-order valence-corrected chi connectivity index (χ0v) is 12.9. The summed E-state index contributed by atoms with van der Waals surface area (Å²) in [5, 5.41) is 3.25. The van der Waals surface area contributed by atoms with Gasteiger partial charge in [-0.3, -0.25) is 0 Å². The summed E-state index contributed by atoms with van der Waals surface area (Å²) in [6, 6.07) is 15.9. The van der Waals surface area contributed by atoms with Gasteiger partial charge in [0.15, 0.2) is 0 Å². The molecule has 0 aromatic heterocycles. The predicted molar refractivity (Wildman–Crippen MR) is 85.7 cm³/mol. The number of thiocarbonyl (C=S) groups is 1. The Morgan fingerprint density at radius 3 is 2.32 bits per heavy atom. The van der Waals surface area contributed by atoms with Gasteiger partial charge < -0.3 is 10.1 Å². The molecule has 0 aliphatic rings. The van der Waals surface area contributed by atoms with Crippen LogP contribution in [0, 0.1) is 0 Å². The van der Waals surface area contributed by atoms with E-state index in [9.17, 15) is 0 Å². The van der Waals surface area contributed by atoms with E-state index in [1.54, 1.807) is 7.11 Å². The molecule has 2 aromatic rings. The summed E-state index contributed by atoms with van der Waals surface area (Å²) in [6.07, 6.45) is 0. The van der Waals surface area contributed by atoms with E-state index < -0.39 is 0 Å². The monoisotopic (exact) mass is 335 g/mol. The van der Waals surface area contributed by atoms with Gasteiger partial charge in [0.05, 0.1) is 7.11 Å². The lowest BCUT2D eigenvalue weighted by atomic mass is 10.2. The molecule has 0 fully saturated rings. The van der Waals surface area contributed by atoms with E-state index in [1.165, 1.54) is 5.56 Å². The molecule has 19 heavy (non-hydrogen) atoms. The van der Waals surface area contributed by atoms with Crippen LogP contribution in [0.25, 0.3) is 0 Å². The van der Waals surface area contributed by atoms with Crippen molar-refractivity contribution in [2.45, 2.75) is 6.54 Å². The quantitative estimate of drug-likeness (QED) is 0.855. The minimum absolute atomic E-state index is 0.707. The van der Waals surface area contributed by atoms with Crippen molar-refractivity contribution in [2.75, 3.05) is 7.11 Å². The highest BCUT2D eigenvalue weighted by atomic mass is 79.9. The van der Waals surface area contributed by atoms with Gasteiger partial charge in [-0.05, 0) is 29.8 Å². The van der Waals surface area contributed by atoms with E-state index >= 15 is 0 Å². The summed E-state index contributed by atoms with van der Waals surface area (Å²) < 4.78 is 6.17. The second-order valence-electron chi connectivity index (χ2n) is 4.04. The molecule has 0 heterocycles. The topological polar surface area (TPSA) is 21.3 Å². The Balaban J connectivity index is 1.94. The van der Waals surface area contributed by atoms with Crippen LogP contribution in [0.2, 0.25) is 0 Å². The molecule has 0 aliphatic heterocycles. The van der Waals surface area contributed by atoms with Crippen LogP contribution in [-0.4, -0.2) is 12.1 Å². The molecule has 4 heteroatoms. The molecule has 0 spiro atoms. The van der Waals surface area contributed by atoms with E-state index in [1.807, 2.05) is 48.5 Å². The van der Waals surface area contributed by atoms with Crippen molar-refractivity contribution < 1.29 is 4.74 Å². The molecule has 1 N–H and O–H groups in total. The highest BCUT2D eigenvalue weighted by molar-refractivity contribution is 9.10. The molecule has 0 saturated heterocycles. The Hall–Kier alpha value is -1.39. The normalized spacial score (nSPS) is 10.0. The number of hydrogen-bond donors (Lipinski definition) is 1. The van der Waals surface area contributed by atoms with E-state index in [2.05, 4.69) is 21.2 Å². The summed E-state index contributed by atoms with van der Waals surface area (Å²) in [5.74, 6) is 0.860. The molecule has 0 amide bonds. The Bertz CT molecular complexity index is 551. The smallest absolute Gasteiger partial charge is 0.118 e. The zero-order chi connectivity index (χ0) is 13.7. The second kappa shape index (κ2) is 6.68. The number of ether oxygens (including phenoxy) is 1. The lowest BCUT2D eigenvalue weighted by molar-refractivity contribution is 0.414. The minimum Gasteiger partial charge on any atom is -0.497 e. The number of nitrogens with one attached hydrogen (secondary N) is 1. The Morgan fingerprint density at radius 1 is 1.11 bits per heavy atom. The van der Waals surface area contributed by atoms with Crippen molar-refractivity contribution in [3.05, 3.63) is 64.1 Å². The van der Waals surface area contributed by atoms with Crippen molar-refractivity contribution in [3.63, 3.8) is 0 Å². The van der Waals surface area contributed by atoms with E-state index in [0.717, 1.165) is 20.8 Å². The molecule has 2 aromatic carbocycles. The molecule has 0 aliphatic carbocycles. The number of benzene rings is 2. The highest BCUT2D eigenvalue weighted by Gasteiger charge is 2.01. The lowest BCUT2D eigenvalue weighted by Crippen LogP contribution is -2.21. The number of halogens is 1. The van der Waals surface area contributed by atoms with Crippen molar-refractivity contribution in [2.24, 2.45) is 0 Å². The zero-order valence-electron chi connectivity index (χ0n) is 10.5. The number of methoxy groups -OCH3 is 1. The minimum atomic E-state index is 0.707. The molecule has 98 valence electrons. The average Bonchev–Trinajstić information content (AvgIpc) is 2.46. The van der Waals surface area contributed by atoms with Crippen molar-refractivity contribution in [1.82, 2.24) is 5.32 Å². The maximum absolute atomic E-state index is 5.36. The third-order valence-corrected chi connectivity index (χ3v) is 3.63. The standard InChI is InChI=1S/C15H14BrNOS/c1-18-14-8-2-11(3-9-14)10-17-15(19)12-4-6-13(16)7-5-12/h2-9H,10H2,1H3,(H,17,19). The average molecular weight is 336 g/mol. The maximum atomic E-state index is 5.36. The fourth-order valence-corrected chi connectivity index (χ4v) is 2.10. The number of hydrogen-bond acceptors (Lipinski definition) is 2. The van der Waals surface area contributed by atoms with E-state index in [-0.39, 0.29) is 0 Å². The first-order chi connectivity index (χ1) is 9.19. The second-order valence-corrected chi connectivity index (χ2v) is 5.36. The van der Waals surface area contributed by atoms with Crippen LogP contribution >= 0.6 is 28.1 Å². The van der Waals surface area contributed by atoms with Gasteiger partial charge in [0.2, 0.25) is 0 Å². The van der Waals surface area contributed by atoms with Crippen LogP contribution in [0.15, 0.2) is 53.0 Å². The third-order valence-electron chi connectivity index (χ3n) is 2.72. The number of rotatable bonds is 4. The van der Waals surface area contributed by atoms with Gasteiger partial charge in [-0.1, -0.05) is 52.4 Å². The van der Waals surface area contributed by atoms with Gasteiger partial charge in [0.1, 0.15) is 10.7 Å². The van der Waals surface area contributed by atoms with Crippen molar-refractivity contribution >= 4 is 33.1 Å². The molecule has 2 nitrogen and oxygen atoms in total. The summed E-state index contributed by atoms with van der Waals surface area (Å²) in [7, 11) is 1.66. The first kappa shape index (κ1) is 14.0. The van der Waals surface area contributed by atoms with E-state index in [0.29, 0.717) is 6.54 Å². The van der Waals surface area contributed by atoms with Crippen LogP contribution in [0.1, 0.15) is 11.1 Å². The molecule has 0 unspecified atom stereocenters. The van der Waals surface area contributed by atoms with Gasteiger partial charge in [0.25, 0.3) is 0 Å². The Kier molecular flexibility index (Phi) is 4.93. The molecule has 0 bridgehead atoms. The van der Waals surface area contributed by atoms with Crippen LogP contribution in [0.3, 0.4) is 0 Å². The third kappa shape index (κ3) is 4.04. The summed E-state index contributed by atoms with van der Waals surface area (Å²) in [5.41, 5.74) is 2.19. The largest absolute Gasteiger partial charge is 0.497 e. The van der Waals surface area contributed by atoms with Gasteiger partial charge in [0, 0.05) is 16.6 Å². The molecule has 0 atom stereocenters. The maximum Gasteiger partial charge on any atom is 0.118 e. The van der Waals surface area contributed by atoms with Gasteiger partial charge in [-0.2, -0.15) is 0 Å². The van der Waals surface area contributed by atoms with Gasteiger partial charge in [-0.15, -0.1) is 0 Å². The van der Waals surface area contributed by atoms with Crippen molar-refractivity contribution in [1.29, 1.82) is 0 Å². The fourth-order valence-electron chi connectivity index (χ4n) is 1.63. The van der Waals surface area contributed by atoms with E-state index in [4.69, 9.17) is 17.0 Å². The van der Waals surface area contributed by atoms with Crippen LogP contribution in [-0.2, 0) is 6.54 Å². The first-order valence-electron chi connectivity index (χ1n) is 5.86. The summed E-state index contributed by atoms with van der Waals surface area (Å²) in [4.78, 5) is 0.753. The Labute approximate surface area is 126 Å². The molecule has 2 rings (SSSR count).